The van der Waals surface area contributed by atoms with Crippen molar-refractivity contribution >= 4 is 34.4 Å². The van der Waals surface area contributed by atoms with Crippen molar-refractivity contribution in [2.75, 3.05) is 7.11 Å². The topological polar surface area (TPSA) is 74.7 Å². The van der Waals surface area contributed by atoms with Crippen LogP contribution in [0.25, 0.3) is 10.9 Å². The van der Waals surface area contributed by atoms with Crippen molar-refractivity contribution in [3.63, 3.8) is 0 Å². The van der Waals surface area contributed by atoms with Crippen LogP contribution in [0, 0.1) is 0 Å². The third kappa shape index (κ3) is 3.16. The summed E-state index contributed by atoms with van der Waals surface area (Å²) in [6, 6.07) is 6.59. The van der Waals surface area contributed by atoms with Gasteiger partial charge in [-0.2, -0.15) is 0 Å². The number of fused-ring (bicyclic) bond motifs is 1. The SMILES string of the molecule is COC(=O)CC(=O)OOc1ccc(Cl)c2cccnc12. The van der Waals surface area contributed by atoms with Gasteiger partial charge in [-0.05, 0) is 24.3 Å². The lowest BCUT2D eigenvalue weighted by molar-refractivity contribution is -0.214. The number of ether oxygens (including phenoxy) is 1. The molecular formula is C13H10ClNO5. The Kier molecular flexibility index (Phi) is 4.37. The molecule has 0 saturated heterocycles. The van der Waals surface area contributed by atoms with Crippen molar-refractivity contribution in [3.8, 4) is 5.75 Å². The molecule has 0 radical (unpaired) electrons. The molecule has 6 nitrogen and oxygen atoms in total. The zero-order valence-corrected chi connectivity index (χ0v) is 11.2. The van der Waals surface area contributed by atoms with E-state index < -0.39 is 18.4 Å². The molecule has 0 unspecified atom stereocenters. The number of carbonyl (C=O) groups excluding carboxylic acids is 2. The average Bonchev–Trinajstić information content (AvgIpc) is 2.46. The summed E-state index contributed by atoms with van der Waals surface area (Å²) >= 11 is 6.01. The Labute approximate surface area is 119 Å². The number of esters is 1. The standard InChI is InChI=1S/C13H10ClNO5/c1-18-11(16)7-12(17)20-19-10-5-4-9(14)8-3-2-6-15-13(8)10/h2-6H,7H2,1H3. The van der Waals surface area contributed by atoms with E-state index in [9.17, 15) is 9.59 Å². The minimum absolute atomic E-state index is 0.225. The van der Waals surface area contributed by atoms with Gasteiger partial charge in [0, 0.05) is 11.6 Å². The van der Waals surface area contributed by atoms with Gasteiger partial charge >= 0.3 is 11.9 Å². The van der Waals surface area contributed by atoms with Crippen LogP contribution in [0.2, 0.25) is 5.02 Å². The zero-order valence-electron chi connectivity index (χ0n) is 10.5. The first-order chi connectivity index (χ1) is 9.61. The number of aromatic nitrogens is 1. The first-order valence-corrected chi connectivity index (χ1v) is 5.97. The van der Waals surface area contributed by atoms with E-state index in [1.54, 1.807) is 24.4 Å². The van der Waals surface area contributed by atoms with Crippen LogP contribution in [0.4, 0.5) is 0 Å². The summed E-state index contributed by atoms with van der Waals surface area (Å²) in [6.07, 6.45) is 1.03. The lowest BCUT2D eigenvalue weighted by Gasteiger charge is -2.07. The smallest absolute Gasteiger partial charge is 0.366 e. The van der Waals surface area contributed by atoms with Crippen LogP contribution in [0.5, 0.6) is 5.75 Å². The largest absolute Gasteiger partial charge is 0.469 e. The number of methoxy groups -OCH3 is 1. The van der Waals surface area contributed by atoms with Gasteiger partial charge in [-0.15, -0.1) is 0 Å². The van der Waals surface area contributed by atoms with Crippen molar-refractivity contribution in [1.82, 2.24) is 4.98 Å². The fraction of sp³-hybridized carbons (Fsp3) is 0.154. The summed E-state index contributed by atoms with van der Waals surface area (Å²) in [7, 11) is 1.17. The van der Waals surface area contributed by atoms with Crippen LogP contribution in [-0.4, -0.2) is 24.0 Å². The van der Waals surface area contributed by atoms with E-state index in [1.807, 2.05) is 0 Å². The maximum atomic E-state index is 11.3. The molecule has 7 heteroatoms. The zero-order chi connectivity index (χ0) is 14.5. The minimum atomic E-state index is -0.865. The fourth-order valence-electron chi connectivity index (χ4n) is 1.49. The molecule has 2 aromatic rings. The second kappa shape index (κ2) is 6.21. The molecule has 0 amide bonds. The van der Waals surface area contributed by atoms with E-state index in [-0.39, 0.29) is 5.75 Å². The van der Waals surface area contributed by atoms with E-state index in [4.69, 9.17) is 16.5 Å². The highest BCUT2D eigenvalue weighted by Crippen LogP contribution is 2.29. The summed E-state index contributed by atoms with van der Waals surface area (Å²) < 4.78 is 4.33. The Balaban J connectivity index is 2.13. The Bertz CT molecular complexity index is 658. The third-order valence-electron chi connectivity index (χ3n) is 2.42. The van der Waals surface area contributed by atoms with Crippen LogP contribution in [-0.2, 0) is 19.2 Å². The number of hydrogen-bond donors (Lipinski definition) is 0. The second-order valence-corrected chi connectivity index (χ2v) is 4.14. The Morgan fingerprint density at radius 3 is 2.80 bits per heavy atom. The van der Waals surface area contributed by atoms with Gasteiger partial charge in [-0.3, -0.25) is 14.7 Å². The number of pyridine rings is 1. The molecule has 0 bridgehead atoms. The van der Waals surface area contributed by atoms with Gasteiger partial charge in [0.2, 0.25) is 5.75 Å². The molecule has 0 fully saturated rings. The lowest BCUT2D eigenvalue weighted by atomic mass is 10.2. The van der Waals surface area contributed by atoms with Crippen LogP contribution in [0.1, 0.15) is 6.42 Å². The summed E-state index contributed by atoms with van der Waals surface area (Å²) in [4.78, 5) is 35.7. The highest BCUT2D eigenvalue weighted by molar-refractivity contribution is 6.35. The lowest BCUT2D eigenvalue weighted by Crippen LogP contribution is -2.14. The molecule has 0 aliphatic rings. The summed E-state index contributed by atoms with van der Waals surface area (Å²) in [5.41, 5.74) is 0.450. The third-order valence-corrected chi connectivity index (χ3v) is 2.75. The first kappa shape index (κ1) is 14.1. The number of carbonyl (C=O) groups is 2. The molecule has 0 N–H and O–H groups in total. The van der Waals surface area contributed by atoms with Crippen molar-refractivity contribution in [3.05, 3.63) is 35.5 Å². The predicted molar refractivity (Wildman–Crippen MR) is 70.1 cm³/mol. The van der Waals surface area contributed by atoms with Crippen molar-refractivity contribution in [1.29, 1.82) is 0 Å². The molecule has 0 aliphatic carbocycles. The van der Waals surface area contributed by atoms with Crippen LogP contribution in [0.3, 0.4) is 0 Å². The molecule has 1 aromatic carbocycles. The number of nitrogens with zero attached hydrogens (tertiary/aromatic N) is 1. The molecule has 0 saturated carbocycles. The molecule has 1 heterocycles. The Morgan fingerprint density at radius 2 is 2.05 bits per heavy atom. The highest BCUT2D eigenvalue weighted by atomic mass is 35.5. The van der Waals surface area contributed by atoms with E-state index in [1.165, 1.54) is 13.2 Å². The quantitative estimate of drug-likeness (QED) is 0.373. The number of hydrogen-bond acceptors (Lipinski definition) is 6. The second-order valence-electron chi connectivity index (χ2n) is 3.74. The molecule has 0 spiro atoms. The fourth-order valence-corrected chi connectivity index (χ4v) is 1.71. The number of halogens is 1. The molecule has 0 atom stereocenters. The molecule has 20 heavy (non-hydrogen) atoms. The molecule has 0 aliphatic heterocycles. The van der Waals surface area contributed by atoms with E-state index in [0.717, 1.165) is 0 Å². The Hall–Kier alpha value is -2.34. The van der Waals surface area contributed by atoms with Gasteiger partial charge in [0.25, 0.3) is 0 Å². The normalized spacial score (nSPS) is 10.1. The van der Waals surface area contributed by atoms with E-state index in [2.05, 4.69) is 14.6 Å². The van der Waals surface area contributed by atoms with Crippen LogP contribution >= 0.6 is 11.6 Å². The highest BCUT2D eigenvalue weighted by Gasteiger charge is 2.14. The summed E-state index contributed by atoms with van der Waals surface area (Å²) in [6.45, 7) is 0. The van der Waals surface area contributed by atoms with E-state index in [0.29, 0.717) is 15.9 Å². The average molecular weight is 296 g/mol. The molecular weight excluding hydrogens is 286 g/mol. The van der Waals surface area contributed by atoms with Gasteiger partial charge in [-0.1, -0.05) is 11.6 Å². The maximum Gasteiger partial charge on any atom is 0.366 e. The van der Waals surface area contributed by atoms with E-state index >= 15 is 0 Å². The van der Waals surface area contributed by atoms with Crippen molar-refractivity contribution in [2.45, 2.75) is 6.42 Å². The van der Waals surface area contributed by atoms with Crippen LogP contribution in [0.15, 0.2) is 30.5 Å². The van der Waals surface area contributed by atoms with Crippen molar-refractivity contribution in [2.24, 2.45) is 0 Å². The molecule has 2 rings (SSSR count). The number of rotatable bonds is 4. The maximum absolute atomic E-state index is 11.3. The van der Waals surface area contributed by atoms with Gasteiger partial charge in [-0.25, -0.2) is 9.68 Å². The Morgan fingerprint density at radius 1 is 1.25 bits per heavy atom. The van der Waals surface area contributed by atoms with Crippen LogP contribution < -0.4 is 4.89 Å². The summed E-state index contributed by atoms with van der Waals surface area (Å²) in [5.74, 6) is -1.35. The predicted octanol–water partition coefficient (Wildman–Crippen LogP) is 2.29. The van der Waals surface area contributed by atoms with Gasteiger partial charge < -0.3 is 4.74 Å². The van der Waals surface area contributed by atoms with Gasteiger partial charge in [0.15, 0.2) is 0 Å². The monoisotopic (exact) mass is 295 g/mol. The first-order valence-electron chi connectivity index (χ1n) is 5.59. The molecule has 104 valence electrons. The molecule has 1 aromatic heterocycles. The van der Waals surface area contributed by atoms with Gasteiger partial charge in [0.1, 0.15) is 11.9 Å². The minimum Gasteiger partial charge on any atom is -0.469 e. The van der Waals surface area contributed by atoms with Crippen molar-refractivity contribution < 1.29 is 24.1 Å². The number of benzene rings is 1. The summed E-state index contributed by atoms with van der Waals surface area (Å²) in [5, 5.41) is 1.16. The van der Waals surface area contributed by atoms with Gasteiger partial charge in [0.05, 0.1) is 12.1 Å².